The number of ether oxygens (including phenoxy) is 1. The Balaban J connectivity index is 2.00. The predicted molar refractivity (Wildman–Crippen MR) is 63.4 cm³/mol. The topological polar surface area (TPSA) is 38.5 Å². The smallest absolute Gasteiger partial charge is 0.119 e. The molecule has 16 heavy (non-hydrogen) atoms. The zero-order valence-corrected chi connectivity index (χ0v) is 9.65. The molecule has 0 saturated carbocycles. The van der Waals surface area contributed by atoms with Gasteiger partial charge in [-0.3, -0.25) is 4.90 Å². The number of fused-ring (bicyclic) bond motifs is 2. The third-order valence-electron chi connectivity index (χ3n) is 3.91. The predicted octanol–water partition coefficient (Wildman–Crippen LogP) is 1.67. The Morgan fingerprint density at radius 1 is 1.44 bits per heavy atom. The van der Waals surface area contributed by atoms with E-state index in [9.17, 15) is 0 Å². The molecular weight excluding hydrogens is 200 g/mol. The number of nitrogens with zero attached hydrogens (tertiary/aromatic N) is 1. The molecule has 0 bridgehead atoms. The molecule has 0 spiro atoms. The molecule has 2 aliphatic rings. The Morgan fingerprint density at radius 3 is 3.12 bits per heavy atom. The summed E-state index contributed by atoms with van der Waals surface area (Å²) in [4.78, 5) is 2.51. The zero-order valence-electron chi connectivity index (χ0n) is 9.65. The van der Waals surface area contributed by atoms with Crippen LogP contribution >= 0.6 is 0 Å². The molecule has 0 amide bonds. The Bertz CT molecular complexity index is 405. The molecular formula is C13H18N2O. The first-order chi connectivity index (χ1) is 7.79. The highest BCUT2D eigenvalue weighted by molar-refractivity contribution is 5.40. The molecule has 86 valence electrons. The van der Waals surface area contributed by atoms with Crippen molar-refractivity contribution in [2.24, 2.45) is 5.73 Å². The summed E-state index contributed by atoms with van der Waals surface area (Å²) >= 11 is 0. The van der Waals surface area contributed by atoms with Gasteiger partial charge in [-0.25, -0.2) is 0 Å². The van der Waals surface area contributed by atoms with Crippen molar-refractivity contribution in [3.8, 4) is 5.75 Å². The molecule has 1 aromatic carbocycles. The van der Waals surface area contributed by atoms with Crippen molar-refractivity contribution in [1.82, 2.24) is 4.90 Å². The summed E-state index contributed by atoms with van der Waals surface area (Å²) in [5, 5.41) is 0. The fourth-order valence-electron chi connectivity index (χ4n) is 3.05. The Kier molecular flexibility index (Phi) is 2.37. The van der Waals surface area contributed by atoms with Gasteiger partial charge in [0.2, 0.25) is 0 Å². The first-order valence-corrected chi connectivity index (χ1v) is 5.96. The molecule has 2 atom stereocenters. The molecule has 0 aromatic heterocycles. The lowest BCUT2D eigenvalue weighted by Gasteiger charge is -2.36. The van der Waals surface area contributed by atoms with E-state index in [1.54, 1.807) is 7.11 Å². The second-order valence-electron chi connectivity index (χ2n) is 4.77. The van der Waals surface area contributed by atoms with E-state index in [-0.39, 0.29) is 6.04 Å². The standard InChI is InChI=1S/C13H18N2O/c1-16-10-4-5-11-9(7-10)8-15-6-2-3-12(15)13(11)14/h4-5,7,12-13H,2-3,6,8,14H2,1H3/t12-,13?/m0/s1. The van der Waals surface area contributed by atoms with Gasteiger partial charge in [-0.2, -0.15) is 0 Å². The van der Waals surface area contributed by atoms with Crippen LogP contribution in [0.15, 0.2) is 18.2 Å². The summed E-state index contributed by atoms with van der Waals surface area (Å²) in [6, 6.07) is 7.01. The molecule has 0 aliphatic carbocycles. The Labute approximate surface area is 96.2 Å². The van der Waals surface area contributed by atoms with Gasteiger partial charge in [0, 0.05) is 18.6 Å². The summed E-state index contributed by atoms with van der Waals surface area (Å²) in [5.74, 6) is 0.934. The van der Waals surface area contributed by atoms with Crippen molar-refractivity contribution < 1.29 is 4.74 Å². The summed E-state index contributed by atoms with van der Waals surface area (Å²) in [6.07, 6.45) is 2.52. The minimum absolute atomic E-state index is 0.178. The van der Waals surface area contributed by atoms with Gasteiger partial charge in [0.25, 0.3) is 0 Å². The van der Waals surface area contributed by atoms with Crippen molar-refractivity contribution in [3.63, 3.8) is 0 Å². The molecule has 2 heterocycles. The van der Waals surface area contributed by atoms with Crippen LogP contribution in [0.2, 0.25) is 0 Å². The average molecular weight is 218 g/mol. The Hall–Kier alpha value is -1.06. The molecule has 1 unspecified atom stereocenters. The molecule has 1 fully saturated rings. The number of hydrogen-bond acceptors (Lipinski definition) is 3. The van der Waals surface area contributed by atoms with Crippen LogP contribution in [-0.4, -0.2) is 24.6 Å². The average Bonchev–Trinajstić information content (AvgIpc) is 2.77. The summed E-state index contributed by atoms with van der Waals surface area (Å²) < 4.78 is 5.27. The maximum absolute atomic E-state index is 6.34. The number of benzene rings is 1. The van der Waals surface area contributed by atoms with Gasteiger partial charge < -0.3 is 10.5 Å². The van der Waals surface area contributed by atoms with Crippen molar-refractivity contribution in [2.45, 2.75) is 31.5 Å². The van der Waals surface area contributed by atoms with E-state index in [0.717, 1.165) is 12.3 Å². The first kappa shape index (κ1) is 10.1. The van der Waals surface area contributed by atoms with E-state index < -0.39 is 0 Å². The fourth-order valence-corrected chi connectivity index (χ4v) is 3.05. The largest absolute Gasteiger partial charge is 0.497 e. The molecule has 3 heteroatoms. The van der Waals surface area contributed by atoms with Gasteiger partial charge in [-0.15, -0.1) is 0 Å². The zero-order chi connectivity index (χ0) is 11.1. The lowest BCUT2D eigenvalue weighted by atomic mass is 9.90. The van der Waals surface area contributed by atoms with Crippen LogP contribution in [0, 0.1) is 0 Å². The number of nitrogens with two attached hydrogens (primary N) is 1. The van der Waals surface area contributed by atoms with Crippen molar-refractivity contribution >= 4 is 0 Å². The molecule has 1 saturated heterocycles. The van der Waals surface area contributed by atoms with Crippen LogP contribution < -0.4 is 10.5 Å². The SMILES string of the molecule is COc1ccc2c(c1)CN1CCC[C@H]1C2N. The van der Waals surface area contributed by atoms with Gasteiger partial charge >= 0.3 is 0 Å². The highest BCUT2D eigenvalue weighted by atomic mass is 16.5. The van der Waals surface area contributed by atoms with Gasteiger partial charge in [0.05, 0.1) is 7.11 Å². The second kappa shape index (κ2) is 3.75. The quantitative estimate of drug-likeness (QED) is 0.779. The van der Waals surface area contributed by atoms with E-state index in [1.807, 2.05) is 6.07 Å². The molecule has 1 aromatic rings. The molecule has 3 rings (SSSR count). The highest BCUT2D eigenvalue weighted by Crippen LogP contribution is 2.37. The summed E-state index contributed by atoms with van der Waals surface area (Å²) in [5.41, 5.74) is 8.99. The van der Waals surface area contributed by atoms with E-state index in [4.69, 9.17) is 10.5 Å². The minimum atomic E-state index is 0.178. The van der Waals surface area contributed by atoms with Gasteiger partial charge in [0.15, 0.2) is 0 Å². The van der Waals surface area contributed by atoms with E-state index in [2.05, 4.69) is 17.0 Å². The van der Waals surface area contributed by atoms with Crippen LogP contribution in [0.25, 0.3) is 0 Å². The molecule has 2 aliphatic heterocycles. The van der Waals surface area contributed by atoms with Crippen molar-refractivity contribution in [2.75, 3.05) is 13.7 Å². The lowest BCUT2D eigenvalue weighted by molar-refractivity contribution is 0.197. The van der Waals surface area contributed by atoms with Crippen molar-refractivity contribution in [1.29, 1.82) is 0 Å². The lowest BCUT2D eigenvalue weighted by Crippen LogP contribution is -2.42. The fraction of sp³-hybridized carbons (Fsp3) is 0.538. The van der Waals surface area contributed by atoms with Gasteiger partial charge in [0.1, 0.15) is 5.75 Å². The third kappa shape index (κ3) is 1.43. The first-order valence-electron chi connectivity index (χ1n) is 5.96. The van der Waals surface area contributed by atoms with Gasteiger partial charge in [-0.1, -0.05) is 6.07 Å². The normalized spacial score (nSPS) is 28.6. The number of rotatable bonds is 1. The van der Waals surface area contributed by atoms with E-state index >= 15 is 0 Å². The second-order valence-corrected chi connectivity index (χ2v) is 4.77. The third-order valence-corrected chi connectivity index (χ3v) is 3.91. The van der Waals surface area contributed by atoms with Gasteiger partial charge in [-0.05, 0) is 42.6 Å². The van der Waals surface area contributed by atoms with Crippen LogP contribution in [0.4, 0.5) is 0 Å². The highest BCUT2D eigenvalue weighted by Gasteiger charge is 2.35. The monoisotopic (exact) mass is 218 g/mol. The summed E-state index contributed by atoms with van der Waals surface area (Å²) in [7, 11) is 1.71. The van der Waals surface area contributed by atoms with Crippen LogP contribution in [-0.2, 0) is 6.54 Å². The molecule has 0 radical (unpaired) electrons. The number of methoxy groups -OCH3 is 1. The maximum atomic E-state index is 6.34. The van der Waals surface area contributed by atoms with Crippen LogP contribution in [0.5, 0.6) is 5.75 Å². The van der Waals surface area contributed by atoms with E-state index in [0.29, 0.717) is 6.04 Å². The minimum Gasteiger partial charge on any atom is -0.497 e. The molecule has 3 nitrogen and oxygen atoms in total. The van der Waals surface area contributed by atoms with Crippen LogP contribution in [0.3, 0.4) is 0 Å². The van der Waals surface area contributed by atoms with Crippen molar-refractivity contribution in [3.05, 3.63) is 29.3 Å². The number of hydrogen-bond donors (Lipinski definition) is 1. The Morgan fingerprint density at radius 2 is 2.31 bits per heavy atom. The molecule has 2 N–H and O–H groups in total. The maximum Gasteiger partial charge on any atom is 0.119 e. The van der Waals surface area contributed by atoms with E-state index in [1.165, 1.54) is 30.5 Å². The summed E-state index contributed by atoms with van der Waals surface area (Å²) in [6.45, 7) is 2.22. The van der Waals surface area contributed by atoms with Crippen LogP contribution in [0.1, 0.15) is 30.0 Å².